The Morgan fingerprint density at radius 1 is 1.44 bits per heavy atom. The Morgan fingerprint density at radius 2 is 2.22 bits per heavy atom. The molecule has 92 valence electrons. The zero-order valence-electron chi connectivity index (χ0n) is 9.73. The Hall–Kier alpha value is -2.63. The summed E-state index contributed by atoms with van der Waals surface area (Å²) in [6, 6.07) is 4.54. The van der Waals surface area contributed by atoms with Crippen LogP contribution in [0.5, 0.6) is 0 Å². The molecule has 0 spiro atoms. The number of nitrogens with zero attached hydrogens (tertiary/aromatic N) is 1. The molecule has 0 bridgehead atoms. The van der Waals surface area contributed by atoms with Gasteiger partial charge in [0.1, 0.15) is 11.4 Å². The largest absolute Gasteiger partial charge is 0.397 e. The van der Waals surface area contributed by atoms with Crippen molar-refractivity contribution in [2.24, 2.45) is 0 Å². The number of nitrogen functional groups attached to an aromatic ring is 1. The van der Waals surface area contributed by atoms with Gasteiger partial charge in [-0.1, -0.05) is 0 Å². The van der Waals surface area contributed by atoms with Gasteiger partial charge in [0.15, 0.2) is 5.43 Å². The first-order chi connectivity index (χ1) is 8.56. The Kier molecular flexibility index (Phi) is 3.09. The molecule has 6 heteroatoms. The van der Waals surface area contributed by atoms with Gasteiger partial charge < -0.3 is 16.0 Å². The van der Waals surface area contributed by atoms with Crippen molar-refractivity contribution in [1.29, 1.82) is 0 Å². The number of amides is 1. The lowest BCUT2D eigenvalue weighted by molar-refractivity contribution is 0.102. The minimum Gasteiger partial charge on any atom is -0.397 e. The smallest absolute Gasteiger partial charge is 0.262 e. The predicted molar refractivity (Wildman–Crippen MR) is 68.4 cm³/mol. The minimum absolute atomic E-state index is 0.0409. The highest BCUT2D eigenvalue weighted by atomic mass is 16.2. The van der Waals surface area contributed by atoms with E-state index < -0.39 is 5.91 Å². The summed E-state index contributed by atoms with van der Waals surface area (Å²) in [6.07, 6.45) is 2.80. The predicted octanol–water partition coefficient (Wildman–Crippen LogP) is 0.913. The van der Waals surface area contributed by atoms with E-state index in [2.05, 4.69) is 15.3 Å². The molecule has 0 aliphatic carbocycles. The quantitative estimate of drug-likeness (QED) is 0.730. The maximum Gasteiger partial charge on any atom is 0.262 e. The molecule has 1 amide bonds. The summed E-state index contributed by atoms with van der Waals surface area (Å²) >= 11 is 0. The molecule has 0 aliphatic heterocycles. The fourth-order valence-electron chi connectivity index (χ4n) is 1.41. The van der Waals surface area contributed by atoms with Crippen molar-refractivity contribution >= 4 is 17.4 Å². The van der Waals surface area contributed by atoms with Crippen molar-refractivity contribution < 1.29 is 4.79 Å². The van der Waals surface area contributed by atoms with Crippen LogP contribution in [0.2, 0.25) is 0 Å². The maximum atomic E-state index is 11.8. The lowest BCUT2D eigenvalue weighted by Gasteiger charge is -2.04. The average Bonchev–Trinajstić information content (AvgIpc) is 2.32. The zero-order valence-corrected chi connectivity index (χ0v) is 9.73. The highest BCUT2D eigenvalue weighted by molar-refractivity contribution is 6.03. The minimum atomic E-state index is -0.506. The number of nitrogens with one attached hydrogen (secondary N) is 2. The Morgan fingerprint density at radius 3 is 2.83 bits per heavy atom. The molecule has 2 heterocycles. The van der Waals surface area contributed by atoms with Gasteiger partial charge in [-0.3, -0.25) is 9.59 Å². The molecule has 6 nitrogen and oxygen atoms in total. The van der Waals surface area contributed by atoms with Gasteiger partial charge >= 0.3 is 0 Å². The van der Waals surface area contributed by atoms with Crippen LogP contribution in [0.1, 0.15) is 16.1 Å². The van der Waals surface area contributed by atoms with E-state index in [1.165, 1.54) is 18.5 Å². The van der Waals surface area contributed by atoms with Crippen LogP contribution in [0.15, 0.2) is 35.4 Å². The van der Waals surface area contributed by atoms with E-state index in [0.717, 1.165) is 0 Å². The summed E-state index contributed by atoms with van der Waals surface area (Å²) in [7, 11) is 0. The van der Waals surface area contributed by atoms with E-state index >= 15 is 0 Å². The number of aromatic amines is 1. The van der Waals surface area contributed by atoms with E-state index in [9.17, 15) is 9.59 Å². The summed E-state index contributed by atoms with van der Waals surface area (Å²) in [6.45, 7) is 1.74. The Bertz CT molecular complexity index is 631. The third kappa shape index (κ3) is 2.54. The lowest BCUT2D eigenvalue weighted by atomic mass is 10.2. The van der Waals surface area contributed by atoms with Crippen molar-refractivity contribution in [2.75, 3.05) is 11.1 Å². The molecule has 0 unspecified atom stereocenters. The molecular formula is C12H12N4O2. The summed E-state index contributed by atoms with van der Waals surface area (Å²) in [5.41, 5.74) is 6.38. The summed E-state index contributed by atoms with van der Waals surface area (Å²) in [4.78, 5) is 30.2. The van der Waals surface area contributed by atoms with Crippen LogP contribution >= 0.6 is 0 Å². The van der Waals surface area contributed by atoms with Crippen LogP contribution in [-0.2, 0) is 0 Å². The number of H-pyrrole nitrogens is 1. The summed E-state index contributed by atoms with van der Waals surface area (Å²) < 4.78 is 0. The van der Waals surface area contributed by atoms with Gasteiger partial charge in [-0.15, -0.1) is 0 Å². The van der Waals surface area contributed by atoms with Gasteiger partial charge in [0.25, 0.3) is 5.91 Å². The molecule has 2 aromatic rings. The van der Waals surface area contributed by atoms with Crippen molar-refractivity contribution in [2.45, 2.75) is 6.92 Å². The van der Waals surface area contributed by atoms with Crippen LogP contribution in [0.3, 0.4) is 0 Å². The second-order valence-corrected chi connectivity index (χ2v) is 3.82. The topological polar surface area (TPSA) is 101 Å². The molecule has 0 saturated carbocycles. The second-order valence-electron chi connectivity index (χ2n) is 3.82. The number of hydrogen-bond donors (Lipinski definition) is 3. The molecule has 4 N–H and O–H groups in total. The highest BCUT2D eigenvalue weighted by Crippen LogP contribution is 2.06. The molecular weight excluding hydrogens is 232 g/mol. The van der Waals surface area contributed by atoms with Gasteiger partial charge in [-0.2, -0.15) is 0 Å². The fraction of sp³-hybridized carbons (Fsp3) is 0.0833. The van der Waals surface area contributed by atoms with Gasteiger partial charge in [0.05, 0.1) is 11.9 Å². The fourth-order valence-corrected chi connectivity index (χ4v) is 1.41. The standard InChI is InChI=1S/C12H12N4O2/c1-7-4-10(17)9(6-14-7)12(18)16-11-3-2-8(13)5-15-11/h2-6H,13H2,1H3,(H,14,17)(H,15,16,18). The molecule has 0 fully saturated rings. The summed E-state index contributed by atoms with van der Waals surface area (Å²) in [5.74, 6) is -0.164. The third-order valence-corrected chi connectivity index (χ3v) is 2.33. The molecule has 18 heavy (non-hydrogen) atoms. The van der Waals surface area contributed by atoms with Gasteiger partial charge in [0.2, 0.25) is 0 Å². The molecule has 0 aliphatic rings. The van der Waals surface area contributed by atoms with E-state index in [4.69, 9.17) is 5.73 Å². The van der Waals surface area contributed by atoms with E-state index in [1.807, 2.05) is 0 Å². The molecule has 0 saturated heterocycles. The molecule has 0 atom stereocenters. The molecule has 2 aromatic heterocycles. The Balaban J connectivity index is 2.22. The van der Waals surface area contributed by atoms with Gasteiger partial charge in [-0.05, 0) is 19.1 Å². The van der Waals surface area contributed by atoms with Crippen LogP contribution in [0, 0.1) is 6.92 Å². The number of aryl methyl sites for hydroxylation is 1. The van der Waals surface area contributed by atoms with Crippen molar-refractivity contribution in [3.63, 3.8) is 0 Å². The van der Waals surface area contributed by atoms with Crippen LogP contribution in [-0.4, -0.2) is 15.9 Å². The van der Waals surface area contributed by atoms with Crippen LogP contribution < -0.4 is 16.5 Å². The van der Waals surface area contributed by atoms with Gasteiger partial charge in [0, 0.05) is 18.0 Å². The van der Waals surface area contributed by atoms with Crippen molar-refractivity contribution in [3.8, 4) is 0 Å². The number of carbonyl (C=O) groups is 1. The monoisotopic (exact) mass is 244 g/mol. The first-order valence-corrected chi connectivity index (χ1v) is 5.28. The first kappa shape index (κ1) is 11.8. The van der Waals surface area contributed by atoms with Crippen LogP contribution in [0.25, 0.3) is 0 Å². The first-order valence-electron chi connectivity index (χ1n) is 5.28. The highest BCUT2D eigenvalue weighted by Gasteiger charge is 2.10. The number of hydrogen-bond acceptors (Lipinski definition) is 4. The van der Waals surface area contributed by atoms with E-state index in [1.54, 1.807) is 19.1 Å². The van der Waals surface area contributed by atoms with E-state index in [0.29, 0.717) is 17.2 Å². The molecule has 2 rings (SSSR count). The number of carbonyl (C=O) groups excluding carboxylic acids is 1. The maximum absolute atomic E-state index is 11.8. The number of aromatic nitrogens is 2. The van der Waals surface area contributed by atoms with Crippen molar-refractivity contribution in [1.82, 2.24) is 9.97 Å². The van der Waals surface area contributed by atoms with Crippen LogP contribution in [0.4, 0.5) is 11.5 Å². The normalized spacial score (nSPS) is 10.1. The average molecular weight is 244 g/mol. The lowest BCUT2D eigenvalue weighted by Crippen LogP contribution is -2.22. The molecule has 0 aromatic carbocycles. The van der Waals surface area contributed by atoms with E-state index in [-0.39, 0.29) is 11.0 Å². The number of nitrogens with two attached hydrogens (primary N) is 1. The van der Waals surface area contributed by atoms with Gasteiger partial charge in [-0.25, -0.2) is 4.98 Å². The number of rotatable bonds is 2. The second kappa shape index (κ2) is 4.70. The third-order valence-electron chi connectivity index (χ3n) is 2.33. The molecule has 0 radical (unpaired) electrons. The summed E-state index contributed by atoms with van der Waals surface area (Å²) in [5, 5.41) is 2.52. The number of pyridine rings is 2. The Labute approximate surface area is 103 Å². The SMILES string of the molecule is Cc1cc(=O)c(C(=O)Nc2ccc(N)cn2)c[nH]1. The van der Waals surface area contributed by atoms with Crippen molar-refractivity contribution in [3.05, 3.63) is 52.1 Å². The zero-order chi connectivity index (χ0) is 13.1. The number of anilines is 2.